The third-order valence-electron chi connectivity index (χ3n) is 2.73. The normalized spacial score (nSPS) is 12.2. The second kappa shape index (κ2) is 6.39. The molecule has 0 bridgehead atoms. The lowest BCUT2D eigenvalue weighted by Crippen LogP contribution is -2.22. The zero-order valence-corrected chi connectivity index (χ0v) is 12.6. The molecule has 21 heavy (non-hydrogen) atoms. The molecule has 4 nitrogen and oxygen atoms in total. The van der Waals surface area contributed by atoms with E-state index in [0.717, 1.165) is 17.6 Å². The third-order valence-corrected chi connectivity index (χ3v) is 2.73. The summed E-state index contributed by atoms with van der Waals surface area (Å²) in [4.78, 5) is 15.1. The molecule has 2 rings (SSSR count). The first-order chi connectivity index (χ1) is 9.96. The fourth-order valence-electron chi connectivity index (χ4n) is 1.91. The van der Waals surface area contributed by atoms with Gasteiger partial charge in [0.2, 0.25) is 0 Å². The molecule has 1 aromatic heterocycles. The van der Waals surface area contributed by atoms with Gasteiger partial charge >= 0.3 is 0 Å². The molecule has 0 radical (unpaired) electrons. The SMILES string of the molecule is CC(C)(C)Oc1ccc(/C=C(\C=O)Cn2ccnc2)cc1. The van der Waals surface area contributed by atoms with Crippen molar-refractivity contribution in [2.24, 2.45) is 0 Å². The standard InChI is InChI=1S/C17H20N2O2/c1-17(2,3)21-16-6-4-14(5-7-16)10-15(12-20)11-19-9-8-18-13-19/h4-10,12-13H,11H2,1-3H3/b15-10-. The number of ether oxygens (including phenoxy) is 1. The van der Waals surface area contributed by atoms with Crippen LogP contribution in [0.5, 0.6) is 5.75 Å². The Kier molecular flexibility index (Phi) is 4.58. The van der Waals surface area contributed by atoms with Crippen LogP contribution in [0.15, 0.2) is 48.6 Å². The molecule has 0 N–H and O–H groups in total. The number of benzene rings is 1. The number of hydrogen-bond acceptors (Lipinski definition) is 3. The fraction of sp³-hybridized carbons (Fsp3) is 0.294. The molecular formula is C17H20N2O2. The Bertz CT molecular complexity index is 605. The molecule has 0 aliphatic rings. The minimum atomic E-state index is -0.216. The Hall–Kier alpha value is -2.36. The molecule has 110 valence electrons. The van der Waals surface area contributed by atoms with Gasteiger partial charge in [-0.25, -0.2) is 4.98 Å². The Morgan fingerprint density at radius 2 is 2.00 bits per heavy atom. The Morgan fingerprint density at radius 1 is 1.29 bits per heavy atom. The number of carbonyl (C=O) groups is 1. The summed E-state index contributed by atoms with van der Waals surface area (Å²) in [5, 5.41) is 0. The van der Waals surface area contributed by atoms with E-state index in [1.807, 2.05) is 61.9 Å². The summed E-state index contributed by atoms with van der Waals surface area (Å²) in [5.74, 6) is 0.821. The molecule has 0 fully saturated rings. The average molecular weight is 284 g/mol. The summed E-state index contributed by atoms with van der Waals surface area (Å²) >= 11 is 0. The zero-order valence-electron chi connectivity index (χ0n) is 12.6. The molecule has 1 aromatic carbocycles. The minimum Gasteiger partial charge on any atom is -0.488 e. The van der Waals surface area contributed by atoms with Crippen LogP contribution in [-0.4, -0.2) is 21.4 Å². The monoisotopic (exact) mass is 284 g/mol. The van der Waals surface area contributed by atoms with Gasteiger partial charge in [-0.15, -0.1) is 0 Å². The summed E-state index contributed by atoms with van der Waals surface area (Å²) in [6.45, 7) is 6.55. The number of rotatable bonds is 5. The van der Waals surface area contributed by atoms with Crippen molar-refractivity contribution in [1.29, 1.82) is 0 Å². The van der Waals surface area contributed by atoms with E-state index in [-0.39, 0.29) is 5.60 Å². The molecule has 0 aliphatic heterocycles. The van der Waals surface area contributed by atoms with Crippen molar-refractivity contribution in [3.05, 3.63) is 54.1 Å². The minimum absolute atomic E-state index is 0.216. The molecule has 0 unspecified atom stereocenters. The van der Waals surface area contributed by atoms with Gasteiger partial charge < -0.3 is 9.30 Å². The van der Waals surface area contributed by atoms with E-state index in [0.29, 0.717) is 12.1 Å². The molecule has 0 amide bonds. The number of aromatic nitrogens is 2. The maximum Gasteiger partial charge on any atom is 0.147 e. The van der Waals surface area contributed by atoms with Gasteiger partial charge in [-0.2, -0.15) is 0 Å². The van der Waals surface area contributed by atoms with Gasteiger partial charge in [-0.3, -0.25) is 4.79 Å². The van der Waals surface area contributed by atoms with Crippen LogP contribution in [0.1, 0.15) is 26.3 Å². The topological polar surface area (TPSA) is 44.1 Å². The molecule has 1 heterocycles. The quantitative estimate of drug-likeness (QED) is 0.625. The van der Waals surface area contributed by atoms with E-state index >= 15 is 0 Å². The van der Waals surface area contributed by atoms with E-state index in [1.165, 1.54) is 0 Å². The fourth-order valence-corrected chi connectivity index (χ4v) is 1.91. The van der Waals surface area contributed by atoms with E-state index < -0.39 is 0 Å². The summed E-state index contributed by atoms with van der Waals surface area (Å²) in [6, 6.07) is 7.71. The Labute approximate surface area is 125 Å². The van der Waals surface area contributed by atoms with Crippen LogP contribution in [0, 0.1) is 0 Å². The number of carbonyl (C=O) groups excluding carboxylic acids is 1. The largest absolute Gasteiger partial charge is 0.488 e. The highest BCUT2D eigenvalue weighted by molar-refractivity contribution is 5.81. The van der Waals surface area contributed by atoms with Crippen molar-refractivity contribution >= 4 is 12.4 Å². The molecule has 0 aliphatic carbocycles. The first kappa shape index (κ1) is 15.0. The van der Waals surface area contributed by atoms with Crippen molar-refractivity contribution < 1.29 is 9.53 Å². The molecule has 0 atom stereocenters. The number of aldehydes is 1. The van der Waals surface area contributed by atoms with Crippen LogP contribution in [0.25, 0.3) is 6.08 Å². The lowest BCUT2D eigenvalue weighted by Gasteiger charge is -2.21. The maximum absolute atomic E-state index is 11.2. The van der Waals surface area contributed by atoms with E-state index in [9.17, 15) is 4.79 Å². The van der Waals surface area contributed by atoms with Gasteiger partial charge in [0.05, 0.1) is 12.9 Å². The average Bonchev–Trinajstić information content (AvgIpc) is 2.91. The highest BCUT2D eigenvalue weighted by Crippen LogP contribution is 2.19. The van der Waals surface area contributed by atoms with Crippen LogP contribution in [0.4, 0.5) is 0 Å². The first-order valence-corrected chi connectivity index (χ1v) is 6.87. The highest BCUT2D eigenvalue weighted by Gasteiger charge is 2.11. The van der Waals surface area contributed by atoms with Crippen molar-refractivity contribution in [3.63, 3.8) is 0 Å². The van der Waals surface area contributed by atoms with Crippen LogP contribution < -0.4 is 4.74 Å². The zero-order chi connectivity index (χ0) is 15.3. The van der Waals surface area contributed by atoms with Gasteiger partial charge in [0.15, 0.2) is 0 Å². The van der Waals surface area contributed by atoms with E-state index in [2.05, 4.69) is 4.98 Å². The van der Waals surface area contributed by atoms with Crippen molar-refractivity contribution in [1.82, 2.24) is 9.55 Å². The van der Waals surface area contributed by atoms with E-state index in [4.69, 9.17) is 4.74 Å². The van der Waals surface area contributed by atoms with Crippen LogP contribution in [-0.2, 0) is 11.3 Å². The van der Waals surface area contributed by atoms with Crippen molar-refractivity contribution in [3.8, 4) is 5.75 Å². The van der Waals surface area contributed by atoms with Gasteiger partial charge in [-0.05, 0) is 44.5 Å². The number of imidazole rings is 1. The lowest BCUT2D eigenvalue weighted by atomic mass is 10.1. The van der Waals surface area contributed by atoms with Crippen LogP contribution in [0.2, 0.25) is 0 Å². The number of nitrogens with zero attached hydrogens (tertiary/aromatic N) is 2. The number of allylic oxidation sites excluding steroid dienone is 1. The van der Waals surface area contributed by atoms with Crippen LogP contribution >= 0.6 is 0 Å². The van der Waals surface area contributed by atoms with Crippen molar-refractivity contribution in [2.75, 3.05) is 0 Å². The highest BCUT2D eigenvalue weighted by atomic mass is 16.5. The number of hydrogen-bond donors (Lipinski definition) is 0. The molecule has 0 saturated heterocycles. The lowest BCUT2D eigenvalue weighted by molar-refractivity contribution is -0.105. The molecule has 4 heteroatoms. The Morgan fingerprint density at radius 3 is 2.52 bits per heavy atom. The summed E-state index contributed by atoms with van der Waals surface area (Å²) in [5.41, 5.74) is 1.45. The summed E-state index contributed by atoms with van der Waals surface area (Å²) in [7, 11) is 0. The van der Waals surface area contributed by atoms with Crippen molar-refractivity contribution in [2.45, 2.75) is 32.9 Å². The Balaban J connectivity index is 2.10. The van der Waals surface area contributed by atoms with Gasteiger partial charge in [0.1, 0.15) is 17.6 Å². The second-order valence-electron chi connectivity index (χ2n) is 5.86. The predicted octanol–water partition coefficient (Wildman–Crippen LogP) is 3.34. The van der Waals surface area contributed by atoms with Crippen LogP contribution in [0.3, 0.4) is 0 Å². The van der Waals surface area contributed by atoms with Gasteiger partial charge in [0, 0.05) is 18.0 Å². The predicted molar refractivity (Wildman–Crippen MR) is 83.1 cm³/mol. The molecule has 0 spiro atoms. The molecule has 2 aromatic rings. The van der Waals surface area contributed by atoms with Gasteiger partial charge in [0.25, 0.3) is 0 Å². The van der Waals surface area contributed by atoms with E-state index in [1.54, 1.807) is 12.5 Å². The summed E-state index contributed by atoms with van der Waals surface area (Å²) in [6.07, 6.45) is 7.96. The maximum atomic E-state index is 11.2. The molecule has 0 saturated carbocycles. The summed E-state index contributed by atoms with van der Waals surface area (Å²) < 4.78 is 7.63. The first-order valence-electron chi connectivity index (χ1n) is 6.87. The third kappa shape index (κ3) is 4.91. The molecular weight excluding hydrogens is 264 g/mol. The second-order valence-corrected chi connectivity index (χ2v) is 5.86. The smallest absolute Gasteiger partial charge is 0.147 e. The van der Waals surface area contributed by atoms with Gasteiger partial charge in [-0.1, -0.05) is 12.1 Å².